The van der Waals surface area contributed by atoms with Crippen molar-refractivity contribution in [1.29, 1.82) is 0 Å². The molecule has 0 bridgehead atoms. The highest BCUT2D eigenvalue weighted by Gasteiger charge is 2.36. The van der Waals surface area contributed by atoms with E-state index in [9.17, 15) is 0 Å². The molecule has 2 aromatic carbocycles. The van der Waals surface area contributed by atoms with E-state index in [1.807, 2.05) is 42.5 Å². The first-order chi connectivity index (χ1) is 13.6. The first kappa shape index (κ1) is 21.6. The third-order valence-electron chi connectivity index (χ3n) is 5.03. The average Bonchev–Trinajstić information content (AvgIpc) is 2.74. The highest BCUT2D eigenvalue weighted by atomic mass is 35.5. The molecular formula is C22H27Cl2NO3. The maximum absolute atomic E-state index is 6.43. The minimum Gasteiger partial charge on any atom is -0.377 e. The molecule has 1 aliphatic rings. The average molecular weight is 424 g/mol. The van der Waals surface area contributed by atoms with Crippen molar-refractivity contribution in [2.45, 2.75) is 44.2 Å². The lowest BCUT2D eigenvalue weighted by Gasteiger charge is -2.38. The van der Waals surface area contributed by atoms with Crippen LogP contribution in [0, 0.1) is 0 Å². The van der Waals surface area contributed by atoms with Crippen LogP contribution in [0.3, 0.4) is 0 Å². The van der Waals surface area contributed by atoms with E-state index in [0.717, 1.165) is 30.4 Å². The van der Waals surface area contributed by atoms with Crippen molar-refractivity contribution in [3.63, 3.8) is 0 Å². The van der Waals surface area contributed by atoms with Crippen molar-refractivity contribution in [2.24, 2.45) is 5.73 Å². The lowest BCUT2D eigenvalue weighted by molar-refractivity contribution is -0.231. The van der Waals surface area contributed by atoms with Crippen molar-refractivity contribution in [3.8, 4) is 0 Å². The van der Waals surface area contributed by atoms with E-state index in [2.05, 4.69) is 0 Å². The molecule has 4 nitrogen and oxygen atoms in total. The van der Waals surface area contributed by atoms with E-state index >= 15 is 0 Å². The van der Waals surface area contributed by atoms with Gasteiger partial charge in [-0.3, -0.25) is 0 Å². The van der Waals surface area contributed by atoms with Crippen molar-refractivity contribution in [2.75, 3.05) is 19.8 Å². The second-order valence-corrected chi connectivity index (χ2v) is 7.84. The number of rotatable bonds is 9. The smallest absolute Gasteiger partial charge is 0.158 e. The molecule has 1 fully saturated rings. The molecule has 0 aliphatic carbocycles. The predicted molar refractivity (Wildman–Crippen MR) is 113 cm³/mol. The van der Waals surface area contributed by atoms with Crippen LogP contribution >= 0.6 is 23.2 Å². The summed E-state index contributed by atoms with van der Waals surface area (Å²) in [4.78, 5) is 0. The SMILES string of the molecule is NCC(CCOCc1ccccc1)(OC1CCCCO1)c1ccc(Cl)c(Cl)c1. The molecule has 1 saturated heterocycles. The minimum atomic E-state index is -0.743. The number of ether oxygens (including phenoxy) is 3. The van der Waals surface area contributed by atoms with Gasteiger partial charge in [-0.1, -0.05) is 59.6 Å². The zero-order valence-electron chi connectivity index (χ0n) is 15.9. The van der Waals surface area contributed by atoms with Crippen molar-refractivity contribution in [3.05, 3.63) is 69.7 Å². The van der Waals surface area contributed by atoms with Gasteiger partial charge in [0.05, 0.1) is 23.3 Å². The summed E-state index contributed by atoms with van der Waals surface area (Å²) in [5.74, 6) is 0. The third kappa shape index (κ3) is 5.69. The second kappa shape index (κ2) is 10.6. The summed E-state index contributed by atoms with van der Waals surface area (Å²) >= 11 is 12.4. The molecule has 28 heavy (non-hydrogen) atoms. The van der Waals surface area contributed by atoms with Crippen LogP contribution in [-0.2, 0) is 26.4 Å². The molecular weight excluding hydrogens is 397 g/mol. The maximum Gasteiger partial charge on any atom is 0.158 e. The Kier molecular flexibility index (Phi) is 8.15. The van der Waals surface area contributed by atoms with Crippen LogP contribution < -0.4 is 5.73 Å². The van der Waals surface area contributed by atoms with Crippen LogP contribution in [0.4, 0.5) is 0 Å². The Morgan fingerprint density at radius 1 is 1.07 bits per heavy atom. The van der Waals surface area contributed by atoms with E-state index in [-0.39, 0.29) is 6.29 Å². The molecule has 0 radical (unpaired) electrons. The van der Waals surface area contributed by atoms with E-state index in [1.165, 1.54) is 0 Å². The highest BCUT2D eigenvalue weighted by Crippen LogP contribution is 2.36. The van der Waals surface area contributed by atoms with Crippen molar-refractivity contribution in [1.82, 2.24) is 0 Å². The van der Waals surface area contributed by atoms with Gasteiger partial charge in [0.2, 0.25) is 0 Å². The normalized spacial score (nSPS) is 19.3. The fourth-order valence-corrected chi connectivity index (χ4v) is 3.67. The van der Waals surface area contributed by atoms with Crippen LogP contribution in [-0.4, -0.2) is 26.0 Å². The molecule has 0 spiro atoms. The Morgan fingerprint density at radius 3 is 2.57 bits per heavy atom. The Hall–Kier alpha value is -1.14. The summed E-state index contributed by atoms with van der Waals surface area (Å²) in [6.45, 7) is 2.04. The fourth-order valence-electron chi connectivity index (χ4n) is 3.38. The molecule has 0 saturated carbocycles. The van der Waals surface area contributed by atoms with Crippen LogP contribution in [0.25, 0.3) is 0 Å². The molecule has 6 heteroatoms. The standard InChI is InChI=1S/C22H27Cl2NO3/c23-19-10-9-18(14-20(19)24)22(16-25,28-21-8-4-5-12-27-21)11-13-26-15-17-6-2-1-3-7-17/h1-3,6-7,9-10,14,21H,4-5,8,11-13,15-16,25H2. The number of nitrogens with two attached hydrogens (primary N) is 1. The number of halogens is 2. The first-order valence-electron chi connectivity index (χ1n) is 9.70. The molecule has 2 atom stereocenters. The van der Waals surface area contributed by atoms with Crippen LogP contribution in [0.5, 0.6) is 0 Å². The van der Waals surface area contributed by atoms with Crippen LogP contribution in [0.15, 0.2) is 48.5 Å². The van der Waals surface area contributed by atoms with Gasteiger partial charge in [0.1, 0.15) is 5.60 Å². The maximum atomic E-state index is 6.43. The summed E-state index contributed by atoms with van der Waals surface area (Å²) in [7, 11) is 0. The molecule has 152 valence electrons. The van der Waals surface area contributed by atoms with Crippen LogP contribution in [0.1, 0.15) is 36.8 Å². The molecule has 1 heterocycles. The topological polar surface area (TPSA) is 53.7 Å². The monoisotopic (exact) mass is 423 g/mol. The van der Waals surface area contributed by atoms with Gasteiger partial charge in [-0.2, -0.15) is 0 Å². The zero-order valence-corrected chi connectivity index (χ0v) is 17.4. The van der Waals surface area contributed by atoms with Crippen molar-refractivity contribution >= 4 is 23.2 Å². The van der Waals surface area contributed by atoms with E-state index in [0.29, 0.717) is 42.8 Å². The van der Waals surface area contributed by atoms with Gasteiger partial charge in [-0.05, 0) is 42.5 Å². The molecule has 2 unspecified atom stereocenters. The van der Waals surface area contributed by atoms with E-state index in [1.54, 1.807) is 6.07 Å². The largest absolute Gasteiger partial charge is 0.377 e. The summed E-state index contributed by atoms with van der Waals surface area (Å²) in [5, 5.41) is 0.987. The molecule has 0 aromatic heterocycles. The number of hydrogen-bond acceptors (Lipinski definition) is 4. The zero-order chi connectivity index (χ0) is 19.8. The Morgan fingerprint density at radius 2 is 1.89 bits per heavy atom. The summed E-state index contributed by atoms with van der Waals surface area (Å²) < 4.78 is 18.1. The minimum absolute atomic E-state index is 0.277. The van der Waals surface area contributed by atoms with Gasteiger partial charge in [0, 0.05) is 19.6 Å². The van der Waals surface area contributed by atoms with Gasteiger partial charge < -0.3 is 19.9 Å². The fraction of sp³-hybridized carbons (Fsp3) is 0.455. The summed E-state index contributed by atoms with van der Waals surface area (Å²) in [5.41, 5.74) is 7.51. The Balaban J connectivity index is 1.72. The van der Waals surface area contributed by atoms with Gasteiger partial charge in [0.25, 0.3) is 0 Å². The molecule has 1 aliphatic heterocycles. The van der Waals surface area contributed by atoms with Gasteiger partial charge in [-0.25, -0.2) is 0 Å². The van der Waals surface area contributed by atoms with E-state index < -0.39 is 5.60 Å². The summed E-state index contributed by atoms with van der Waals surface area (Å²) in [6.07, 6.45) is 3.31. The van der Waals surface area contributed by atoms with Crippen LogP contribution in [0.2, 0.25) is 10.0 Å². The number of benzene rings is 2. The molecule has 0 amide bonds. The molecule has 2 aromatic rings. The second-order valence-electron chi connectivity index (χ2n) is 7.03. The molecule has 2 N–H and O–H groups in total. The first-order valence-corrected chi connectivity index (χ1v) is 10.5. The van der Waals surface area contributed by atoms with Crippen molar-refractivity contribution < 1.29 is 14.2 Å². The van der Waals surface area contributed by atoms with Gasteiger partial charge >= 0.3 is 0 Å². The number of hydrogen-bond donors (Lipinski definition) is 1. The van der Waals surface area contributed by atoms with Gasteiger partial charge in [0.15, 0.2) is 6.29 Å². The summed E-state index contributed by atoms with van der Waals surface area (Å²) in [6, 6.07) is 15.6. The lowest BCUT2D eigenvalue weighted by atomic mass is 9.90. The van der Waals surface area contributed by atoms with E-state index in [4.69, 9.17) is 43.1 Å². The Bertz CT molecular complexity index is 738. The third-order valence-corrected chi connectivity index (χ3v) is 5.77. The predicted octanol–water partition coefficient (Wildman–Crippen LogP) is 5.30. The molecule has 3 rings (SSSR count). The Labute approximate surface area is 176 Å². The highest BCUT2D eigenvalue weighted by molar-refractivity contribution is 6.42. The lowest BCUT2D eigenvalue weighted by Crippen LogP contribution is -2.43. The quantitative estimate of drug-likeness (QED) is 0.556. The van der Waals surface area contributed by atoms with Gasteiger partial charge in [-0.15, -0.1) is 0 Å².